The fourth-order valence-corrected chi connectivity index (χ4v) is 4.72. The third-order valence-electron chi connectivity index (χ3n) is 6.50. The van der Waals surface area contributed by atoms with Crippen LogP contribution in [-0.2, 0) is 0 Å². The molecule has 7 aromatic rings. The molecule has 0 saturated carbocycles. The van der Waals surface area contributed by atoms with Crippen LogP contribution in [0.5, 0.6) is 0 Å². The summed E-state index contributed by atoms with van der Waals surface area (Å²) < 4.78 is 5.89. The molecule has 0 fully saturated rings. The minimum Gasteiger partial charge on any atom is -0.436 e. The molecule has 2 aromatic heterocycles. The Morgan fingerprint density at radius 2 is 1.08 bits per heavy atom. The maximum absolute atomic E-state index is 6.34. The zero-order valence-electron chi connectivity index (χ0n) is 20.0. The van der Waals surface area contributed by atoms with Gasteiger partial charge in [-0.2, -0.15) is 9.97 Å². The molecule has 5 aromatic carbocycles. The monoisotopic (exact) mass is 510 g/mol. The Kier molecular flexibility index (Phi) is 5.42. The molecule has 0 aliphatic heterocycles. The van der Waals surface area contributed by atoms with Gasteiger partial charge in [0, 0.05) is 16.7 Å². The lowest BCUT2D eigenvalue weighted by atomic mass is 10.00. The Hall–Kier alpha value is -4.87. The second-order valence-electron chi connectivity index (χ2n) is 8.96. The maximum Gasteiger partial charge on any atom is 0.227 e. The molecule has 0 amide bonds. The number of rotatable bonds is 4. The summed E-state index contributed by atoms with van der Waals surface area (Å²) in [4.78, 5) is 18.1. The van der Waals surface area contributed by atoms with E-state index in [1.165, 1.54) is 11.1 Å². The second kappa shape index (κ2) is 9.21. The van der Waals surface area contributed by atoms with E-state index in [0.717, 1.165) is 38.6 Å². The van der Waals surface area contributed by atoms with Gasteiger partial charge in [-0.15, -0.1) is 0 Å². The first-order valence-electron chi connectivity index (χ1n) is 12.2. The number of nitrogens with zero attached hydrogens (tertiary/aromatic N) is 4. The molecular formula is C32H19ClN4O. The fourth-order valence-electron chi connectivity index (χ4n) is 4.56. The van der Waals surface area contributed by atoms with Gasteiger partial charge in [-0.25, -0.2) is 9.97 Å². The number of halogens is 1. The normalized spacial score (nSPS) is 11.3. The van der Waals surface area contributed by atoms with E-state index in [4.69, 9.17) is 21.0 Å². The van der Waals surface area contributed by atoms with Crippen molar-refractivity contribution < 1.29 is 4.42 Å². The molecule has 0 spiro atoms. The van der Waals surface area contributed by atoms with Crippen LogP contribution in [0.2, 0.25) is 5.28 Å². The summed E-state index contributed by atoms with van der Waals surface area (Å²) >= 11 is 6.34. The molecule has 6 heteroatoms. The first-order valence-corrected chi connectivity index (χ1v) is 12.5. The molecule has 38 heavy (non-hydrogen) atoms. The van der Waals surface area contributed by atoms with Crippen LogP contribution in [0.25, 0.3) is 67.2 Å². The quantitative estimate of drug-likeness (QED) is 0.237. The molecule has 2 heterocycles. The average molecular weight is 511 g/mol. The lowest BCUT2D eigenvalue weighted by molar-refractivity contribution is 0.620. The predicted octanol–water partition coefficient (Wildman–Crippen LogP) is 8.49. The van der Waals surface area contributed by atoms with Gasteiger partial charge in [0.1, 0.15) is 5.52 Å². The summed E-state index contributed by atoms with van der Waals surface area (Å²) in [6.45, 7) is 0. The molecule has 5 nitrogen and oxygen atoms in total. The van der Waals surface area contributed by atoms with Crippen molar-refractivity contribution in [3.8, 4) is 45.4 Å². The Morgan fingerprint density at radius 3 is 1.84 bits per heavy atom. The standard InChI is InChI=1S/C32H19ClN4O/c33-32-36-29(21-10-12-22(13-11-21)31-34-27-8-4-5-9-28(27)38-31)35-30(37-32)26-17-16-24-18-23(14-15-25(24)19-26)20-6-2-1-3-7-20/h1-19H. The SMILES string of the molecule is Clc1nc(-c2ccc(-c3nc4ccccc4o3)cc2)nc(-c2ccc3cc(-c4ccccc4)ccc3c2)n1. The minimum atomic E-state index is 0.146. The van der Waals surface area contributed by atoms with E-state index in [0.29, 0.717) is 17.5 Å². The summed E-state index contributed by atoms with van der Waals surface area (Å²) in [5.41, 5.74) is 6.52. The van der Waals surface area contributed by atoms with E-state index >= 15 is 0 Å². The zero-order valence-corrected chi connectivity index (χ0v) is 20.8. The van der Waals surface area contributed by atoms with E-state index < -0.39 is 0 Å². The van der Waals surface area contributed by atoms with Gasteiger partial charge < -0.3 is 4.42 Å². The molecule has 0 aliphatic carbocycles. The van der Waals surface area contributed by atoms with E-state index in [1.807, 2.05) is 72.8 Å². The number of oxazole rings is 1. The van der Waals surface area contributed by atoms with Gasteiger partial charge >= 0.3 is 0 Å². The second-order valence-corrected chi connectivity index (χ2v) is 9.30. The van der Waals surface area contributed by atoms with Crippen molar-refractivity contribution in [1.29, 1.82) is 0 Å². The van der Waals surface area contributed by atoms with Gasteiger partial charge in [-0.05, 0) is 69.9 Å². The van der Waals surface area contributed by atoms with E-state index in [2.05, 4.69) is 57.4 Å². The molecule has 180 valence electrons. The number of fused-ring (bicyclic) bond motifs is 2. The molecule has 0 radical (unpaired) electrons. The Morgan fingerprint density at radius 1 is 0.474 bits per heavy atom. The number of para-hydroxylation sites is 2. The van der Waals surface area contributed by atoms with E-state index in [1.54, 1.807) is 0 Å². The highest BCUT2D eigenvalue weighted by molar-refractivity contribution is 6.28. The molecule has 0 aliphatic rings. The van der Waals surface area contributed by atoms with Crippen LogP contribution in [0.3, 0.4) is 0 Å². The van der Waals surface area contributed by atoms with Crippen LogP contribution in [0.4, 0.5) is 0 Å². The van der Waals surface area contributed by atoms with Crippen molar-refractivity contribution in [2.24, 2.45) is 0 Å². The topological polar surface area (TPSA) is 64.7 Å². The van der Waals surface area contributed by atoms with Crippen molar-refractivity contribution in [1.82, 2.24) is 19.9 Å². The maximum atomic E-state index is 6.34. The van der Waals surface area contributed by atoms with Crippen LogP contribution in [-0.4, -0.2) is 19.9 Å². The number of benzene rings is 5. The molecule has 0 unspecified atom stereocenters. The Balaban J connectivity index is 1.21. The molecular weight excluding hydrogens is 492 g/mol. The Bertz CT molecular complexity index is 1900. The summed E-state index contributed by atoms with van der Waals surface area (Å²) in [5, 5.41) is 2.39. The molecule has 0 atom stereocenters. The number of hydrogen-bond acceptors (Lipinski definition) is 5. The van der Waals surface area contributed by atoms with Gasteiger partial charge in [0.25, 0.3) is 0 Å². The number of aromatic nitrogens is 4. The first kappa shape index (κ1) is 22.3. The molecule has 0 bridgehead atoms. The summed E-state index contributed by atoms with van der Waals surface area (Å²) in [6, 6.07) is 38.4. The van der Waals surface area contributed by atoms with Gasteiger partial charge in [-0.3, -0.25) is 0 Å². The highest BCUT2D eigenvalue weighted by Crippen LogP contribution is 2.30. The van der Waals surface area contributed by atoms with Gasteiger partial charge in [-0.1, -0.05) is 78.9 Å². The third kappa shape index (κ3) is 4.19. The summed E-state index contributed by atoms with van der Waals surface area (Å²) in [6.07, 6.45) is 0. The third-order valence-corrected chi connectivity index (χ3v) is 6.67. The van der Waals surface area contributed by atoms with Crippen molar-refractivity contribution in [2.45, 2.75) is 0 Å². The Labute approximate surface area is 223 Å². The number of hydrogen-bond donors (Lipinski definition) is 0. The zero-order chi connectivity index (χ0) is 25.5. The fraction of sp³-hybridized carbons (Fsp3) is 0. The average Bonchev–Trinajstić information content (AvgIpc) is 3.41. The van der Waals surface area contributed by atoms with Crippen molar-refractivity contribution >= 4 is 33.5 Å². The molecule has 0 N–H and O–H groups in total. The molecule has 0 saturated heterocycles. The first-order chi connectivity index (χ1) is 18.7. The highest BCUT2D eigenvalue weighted by atomic mass is 35.5. The van der Waals surface area contributed by atoms with Gasteiger partial charge in [0.05, 0.1) is 0 Å². The summed E-state index contributed by atoms with van der Waals surface area (Å²) in [7, 11) is 0. The van der Waals surface area contributed by atoms with Gasteiger partial charge in [0.2, 0.25) is 11.2 Å². The smallest absolute Gasteiger partial charge is 0.227 e. The van der Waals surface area contributed by atoms with Crippen LogP contribution in [0.1, 0.15) is 0 Å². The van der Waals surface area contributed by atoms with Crippen LogP contribution < -0.4 is 0 Å². The lowest BCUT2D eigenvalue weighted by Crippen LogP contribution is -1.97. The van der Waals surface area contributed by atoms with Crippen molar-refractivity contribution in [2.75, 3.05) is 0 Å². The van der Waals surface area contributed by atoms with Crippen LogP contribution >= 0.6 is 11.6 Å². The van der Waals surface area contributed by atoms with Crippen molar-refractivity contribution in [3.63, 3.8) is 0 Å². The van der Waals surface area contributed by atoms with Crippen LogP contribution in [0, 0.1) is 0 Å². The van der Waals surface area contributed by atoms with Crippen molar-refractivity contribution in [3.05, 3.63) is 121 Å². The lowest BCUT2D eigenvalue weighted by Gasteiger charge is -2.08. The minimum absolute atomic E-state index is 0.146. The highest BCUT2D eigenvalue weighted by Gasteiger charge is 2.12. The summed E-state index contributed by atoms with van der Waals surface area (Å²) in [5.74, 6) is 1.60. The predicted molar refractivity (Wildman–Crippen MR) is 152 cm³/mol. The van der Waals surface area contributed by atoms with Gasteiger partial charge in [0.15, 0.2) is 17.2 Å². The van der Waals surface area contributed by atoms with E-state index in [-0.39, 0.29) is 5.28 Å². The van der Waals surface area contributed by atoms with Crippen LogP contribution in [0.15, 0.2) is 120 Å². The largest absolute Gasteiger partial charge is 0.436 e. The van der Waals surface area contributed by atoms with E-state index in [9.17, 15) is 0 Å². The molecule has 7 rings (SSSR count).